The van der Waals surface area contributed by atoms with Crippen LogP contribution in [-0.2, 0) is 4.74 Å². The average molecular weight is 271 g/mol. The topological polar surface area (TPSA) is 64.1 Å². The van der Waals surface area contributed by atoms with E-state index in [9.17, 15) is 4.79 Å². The molecule has 5 nitrogen and oxygen atoms in total. The lowest BCUT2D eigenvalue weighted by Crippen LogP contribution is -2.05. The Hall–Kier alpha value is -2.43. The van der Waals surface area contributed by atoms with E-state index in [2.05, 4.69) is 46.0 Å². The van der Waals surface area contributed by atoms with Gasteiger partial charge in [0.05, 0.1) is 19.5 Å². The van der Waals surface area contributed by atoms with Gasteiger partial charge in [-0.2, -0.15) is 0 Å². The lowest BCUT2D eigenvalue weighted by molar-refractivity contribution is 0.0593. The molecule has 2 aromatic rings. The molecule has 0 saturated heterocycles. The molecule has 0 saturated carbocycles. The number of nitrogens with one attached hydrogen (secondary N) is 1. The number of carbonyl (C=O) groups excluding carboxylic acids is 1. The van der Waals surface area contributed by atoms with Gasteiger partial charge in [-0.3, -0.25) is 0 Å². The number of carbonyl (C=O) groups is 1. The standard InChI is InChI=1S/C15H17N3O2/c1-10(2)11-5-4-6-12(7-11)18-14-9-16-13(8-17-14)15(19)20-3/h4-10H,1-3H3,(H,17,18). The second-order valence-corrected chi connectivity index (χ2v) is 4.68. The van der Waals surface area contributed by atoms with Gasteiger partial charge in [0, 0.05) is 5.69 Å². The lowest BCUT2D eigenvalue weighted by atomic mass is 10.0. The van der Waals surface area contributed by atoms with E-state index in [-0.39, 0.29) is 5.69 Å². The van der Waals surface area contributed by atoms with Gasteiger partial charge in [0.15, 0.2) is 5.69 Å². The number of aromatic nitrogens is 2. The Morgan fingerprint density at radius 3 is 2.65 bits per heavy atom. The van der Waals surface area contributed by atoms with Crippen molar-refractivity contribution in [2.75, 3.05) is 12.4 Å². The van der Waals surface area contributed by atoms with Crippen LogP contribution in [0.5, 0.6) is 0 Å². The predicted octanol–water partition coefficient (Wildman–Crippen LogP) is 3.13. The molecule has 0 aliphatic rings. The number of methoxy groups -OCH3 is 1. The van der Waals surface area contributed by atoms with E-state index in [0.717, 1.165) is 5.69 Å². The van der Waals surface area contributed by atoms with Crippen LogP contribution >= 0.6 is 0 Å². The molecule has 0 atom stereocenters. The molecule has 0 bridgehead atoms. The summed E-state index contributed by atoms with van der Waals surface area (Å²) in [5.74, 6) is 0.550. The van der Waals surface area contributed by atoms with Gasteiger partial charge in [0.2, 0.25) is 0 Å². The largest absolute Gasteiger partial charge is 0.464 e. The summed E-state index contributed by atoms with van der Waals surface area (Å²) in [6.45, 7) is 4.29. The van der Waals surface area contributed by atoms with Crippen LogP contribution in [0.3, 0.4) is 0 Å². The summed E-state index contributed by atoms with van der Waals surface area (Å²) in [6.07, 6.45) is 2.90. The third-order valence-corrected chi connectivity index (χ3v) is 2.87. The van der Waals surface area contributed by atoms with E-state index in [4.69, 9.17) is 0 Å². The SMILES string of the molecule is COC(=O)c1cnc(Nc2cccc(C(C)C)c2)cn1. The molecule has 0 radical (unpaired) electrons. The van der Waals surface area contributed by atoms with Crippen LogP contribution < -0.4 is 5.32 Å². The monoisotopic (exact) mass is 271 g/mol. The minimum atomic E-state index is -0.495. The maximum absolute atomic E-state index is 11.3. The van der Waals surface area contributed by atoms with Crippen LogP contribution in [0.1, 0.15) is 35.8 Å². The highest BCUT2D eigenvalue weighted by molar-refractivity contribution is 5.86. The number of rotatable bonds is 4. The maximum atomic E-state index is 11.3. The van der Waals surface area contributed by atoms with Crippen molar-refractivity contribution in [3.63, 3.8) is 0 Å². The molecule has 0 unspecified atom stereocenters. The molecule has 20 heavy (non-hydrogen) atoms. The van der Waals surface area contributed by atoms with Gasteiger partial charge in [0.25, 0.3) is 0 Å². The minimum Gasteiger partial charge on any atom is -0.464 e. The summed E-state index contributed by atoms with van der Waals surface area (Å²) in [7, 11) is 1.31. The highest BCUT2D eigenvalue weighted by Gasteiger charge is 2.07. The quantitative estimate of drug-likeness (QED) is 0.865. The van der Waals surface area contributed by atoms with Gasteiger partial charge in [-0.05, 0) is 23.6 Å². The molecule has 1 aromatic heterocycles. The number of benzene rings is 1. The van der Waals surface area contributed by atoms with Crippen LogP contribution in [0.2, 0.25) is 0 Å². The van der Waals surface area contributed by atoms with E-state index in [1.165, 1.54) is 25.1 Å². The van der Waals surface area contributed by atoms with Crippen molar-refractivity contribution in [1.82, 2.24) is 9.97 Å². The Balaban J connectivity index is 2.14. The number of hydrogen-bond acceptors (Lipinski definition) is 5. The maximum Gasteiger partial charge on any atom is 0.358 e. The average Bonchev–Trinajstić information content (AvgIpc) is 2.47. The molecule has 0 spiro atoms. The van der Waals surface area contributed by atoms with E-state index in [1.807, 2.05) is 12.1 Å². The van der Waals surface area contributed by atoms with Crippen LogP contribution in [0.25, 0.3) is 0 Å². The summed E-state index contributed by atoms with van der Waals surface area (Å²) in [6, 6.07) is 8.11. The molecule has 1 N–H and O–H groups in total. The van der Waals surface area contributed by atoms with Gasteiger partial charge < -0.3 is 10.1 Å². The summed E-state index contributed by atoms with van der Waals surface area (Å²) in [4.78, 5) is 19.4. The fraction of sp³-hybridized carbons (Fsp3) is 0.267. The van der Waals surface area contributed by atoms with Crippen molar-refractivity contribution < 1.29 is 9.53 Å². The van der Waals surface area contributed by atoms with Crippen molar-refractivity contribution >= 4 is 17.5 Å². The van der Waals surface area contributed by atoms with E-state index < -0.39 is 5.97 Å². The fourth-order valence-electron chi connectivity index (χ4n) is 1.73. The van der Waals surface area contributed by atoms with Gasteiger partial charge in [-0.1, -0.05) is 26.0 Å². The first kappa shape index (κ1) is 14.0. The third-order valence-electron chi connectivity index (χ3n) is 2.87. The summed E-state index contributed by atoms with van der Waals surface area (Å²) >= 11 is 0. The number of nitrogens with zero attached hydrogens (tertiary/aromatic N) is 2. The van der Waals surface area contributed by atoms with Gasteiger partial charge >= 0.3 is 5.97 Å². The normalized spacial score (nSPS) is 10.4. The van der Waals surface area contributed by atoms with Gasteiger partial charge in [-0.15, -0.1) is 0 Å². The van der Waals surface area contributed by atoms with Crippen molar-refractivity contribution in [3.05, 3.63) is 47.9 Å². The molecule has 1 heterocycles. The first-order chi connectivity index (χ1) is 9.60. The van der Waals surface area contributed by atoms with Crippen LogP contribution in [0, 0.1) is 0 Å². The Bertz CT molecular complexity index is 594. The van der Waals surface area contributed by atoms with Crippen molar-refractivity contribution in [3.8, 4) is 0 Å². The zero-order valence-electron chi connectivity index (χ0n) is 11.8. The predicted molar refractivity (Wildman–Crippen MR) is 77.2 cm³/mol. The van der Waals surface area contributed by atoms with Crippen LogP contribution in [0.15, 0.2) is 36.7 Å². The van der Waals surface area contributed by atoms with Crippen LogP contribution in [0.4, 0.5) is 11.5 Å². The van der Waals surface area contributed by atoms with Gasteiger partial charge in [-0.25, -0.2) is 14.8 Å². The van der Waals surface area contributed by atoms with Crippen molar-refractivity contribution in [2.45, 2.75) is 19.8 Å². The highest BCUT2D eigenvalue weighted by Crippen LogP contribution is 2.20. The van der Waals surface area contributed by atoms with Gasteiger partial charge in [0.1, 0.15) is 5.82 Å². The molecule has 0 aliphatic carbocycles. The summed E-state index contributed by atoms with van der Waals surface area (Å²) in [5.41, 5.74) is 2.37. The van der Waals surface area contributed by atoms with E-state index >= 15 is 0 Å². The first-order valence-electron chi connectivity index (χ1n) is 6.37. The second-order valence-electron chi connectivity index (χ2n) is 4.68. The summed E-state index contributed by atoms with van der Waals surface area (Å²) < 4.78 is 4.57. The number of hydrogen-bond donors (Lipinski definition) is 1. The van der Waals surface area contributed by atoms with Crippen LogP contribution in [-0.4, -0.2) is 23.0 Å². The highest BCUT2D eigenvalue weighted by atomic mass is 16.5. The van der Waals surface area contributed by atoms with Crippen molar-refractivity contribution in [1.29, 1.82) is 0 Å². The molecule has 104 valence electrons. The zero-order chi connectivity index (χ0) is 14.5. The summed E-state index contributed by atoms with van der Waals surface area (Å²) in [5, 5.41) is 3.16. The Labute approximate surface area is 118 Å². The third kappa shape index (κ3) is 3.32. The molecule has 1 aromatic carbocycles. The number of esters is 1. The second kappa shape index (κ2) is 6.14. The minimum absolute atomic E-state index is 0.189. The number of ether oxygens (including phenoxy) is 1. The van der Waals surface area contributed by atoms with E-state index in [1.54, 1.807) is 0 Å². The first-order valence-corrected chi connectivity index (χ1v) is 6.37. The Kier molecular flexibility index (Phi) is 4.30. The molecule has 0 aliphatic heterocycles. The molecule has 0 fully saturated rings. The fourth-order valence-corrected chi connectivity index (χ4v) is 1.73. The molecule has 2 rings (SSSR count). The smallest absolute Gasteiger partial charge is 0.358 e. The molecule has 0 amide bonds. The molecular weight excluding hydrogens is 254 g/mol. The molecule has 5 heteroatoms. The Morgan fingerprint density at radius 1 is 1.25 bits per heavy atom. The number of anilines is 2. The zero-order valence-corrected chi connectivity index (χ0v) is 11.8. The Morgan fingerprint density at radius 2 is 2.05 bits per heavy atom. The van der Waals surface area contributed by atoms with Crippen molar-refractivity contribution in [2.24, 2.45) is 0 Å². The lowest BCUT2D eigenvalue weighted by Gasteiger charge is -2.09. The molecular formula is C15H17N3O2. The van der Waals surface area contributed by atoms with E-state index in [0.29, 0.717) is 11.7 Å².